The van der Waals surface area contributed by atoms with Crippen LogP contribution in [0.25, 0.3) is 10.9 Å². The van der Waals surface area contributed by atoms with Crippen molar-refractivity contribution >= 4 is 32.8 Å². The van der Waals surface area contributed by atoms with E-state index in [1.165, 1.54) is 0 Å². The second-order valence-corrected chi connectivity index (χ2v) is 6.34. The zero-order valence-corrected chi connectivity index (χ0v) is 16.2. The van der Waals surface area contributed by atoms with E-state index in [9.17, 15) is 4.79 Å². The number of carbonyl (C=O) groups excluding carboxylic acids is 1. The number of ether oxygens (including phenoxy) is 3. The topological polar surface area (TPSA) is 49.7 Å². The van der Waals surface area contributed by atoms with Gasteiger partial charge in [0.05, 0.1) is 41.6 Å². The molecule has 0 atom stereocenters. The third kappa shape index (κ3) is 3.59. The third-order valence-corrected chi connectivity index (χ3v) is 4.56. The fraction of sp³-hybridized carbons (Fsp3) is 0.500. The first-order chi connectivity index (χ1) is 11.6. The van der Waals surface area contributed by atoms with E-state index in [1.807, 2.05) is 12.1 Å². The number of benzene rings is 1. The second kappa shape index (κ2) is 8.53. The Labute approximate surface area is 151 Å². The number of methoxy groups -OCH3 is 2. The van der Waals surface area contributed by atoms with Gasteiger partial charge in [0.2, 0.25) is 0 Å². The van der Waals surface area contributed by atoms with Gasteiger partial charge in [0, 0.05) is 19.0 Å². The predicted molar refractivity (Wildman–Crippen MR) is 97.8 cm³/mol. The summed E-state index contributed by atoms with van der Waals surface area (Å²) in [5.41, 5.74) is 2.39. The molecule has 0 unspecified atom stereocenters. The maximum atomic E-state index is 12.6. The molecule has 0 N–H and O–H groups in total. The van der Waals surface area contributed by atoms with Crippen LogP contribution >= 0.6 is 15.9 Å². The van der Waals surface area contributed by atoms with Gasteiger partial charge in [0.1, 0.15) is 5.75 Å². The van der Waals surface area contributed by atoms with E-state index >= 15 is 0 Å². The molecule has 1 aromatic carbocycles. The lowest BCUT2D eigenvalue weighted by molar-refractivity contribution is 0.0523. The van der Waals surface area contributed by atoms with Gasteiger partial charge in [-0.15, -0.1) is 0 Å². The van der Waals surface area contributed by atoms with Crippen molar-refractivity contribution in [2.24, 2.45) is 0 Å². The molecule has 0 aliphatic rings. The van der Waals surface area contributed by atoms with Crippen molar-refractivity contribution in [1.29, 1.82) is 0 Å². The van der Waals surface area contributed by atoms with Gasteiger partial charge >= 0.3 is 5.97 Å². The van der Waals surface area contributed by atoms with Gasteiger partial charge in [0.25, 0.3) is 0 Å². The summed E-state index contributed by atoms with van der Waals surface area (Å²) in [5, 5.41) is 0.830. The number of fused-ring (bicyclic) bond motifs is 1. The Kier molecular flexibility index (Phi) is 6.69. The molecule has 5 nitrogen and oxygen atoms in total. The molecule has 0 aliphatic heterocycles. The Morgan fingerprint density at radius 1 is 1.25 bits per heavy atom. The van der Waals surface area contributed by atoms with Crippen molar-refractivity contribution in [2.75, 3.05) is 20.8 Å². The van der Waals surface area contributed by atoms with Crippen LogP contribution in [0.2, 0.25) is 0 Å². The van der Waals surface area contributed by atoms with Gasteiger partial charge in [-0.1, -0.05) is 13.3 Å². The maximum absolute atomic E-state index is 12.6. The van der Waals surface area contributed by atoms with Gasteiger partial charge in [-0.3, -0.25) is 0 Å². The van der Waals surface area contributed by atoms with Crippen molar-refractivity contribution < 1.29 is 19.0 Å². The Bertz CT molecular complexity index is 724. The lowest BCUT2D eigenvalue weighted by Gasteiger charge is -2.11. The van der Waals surface area contributed by atoms with Crippen LogP contribution in [0.4, 0.5) is 0 Å². The summed E-state index contributed by atoms with van der Waals surface area (Å²) in [4.78, 5) is 12.6. The summed E-state index contributed by atoms with van der Waals surface area (Å²) in [6.45, 7) is 5.46. The molecule has 0 spiro atoms. The number of carbonyl (C=O) groups is 1. The molecule has 0 radical (unpaired) electrons. The molecular formula is C18H24BrNO4. The van der Waals surface area contributed by atoms with Crippen LogP contribution in [0.3, 0.4) is 0 Å². The normalized spacial score (nSPS) is 11.0. The number of unbranched alkanes of at least 4 members (excludes halogenated alkanes) is 1. The number of aromatic nitrogens is 1. The average molecular weight is 398 g/mol. The van der Waals surface area contributed by atoms with E-state index in [0.29, 0.717) is 24.5 Å². The van der Waals surface area contributed by atoms with E-state index in [0.717, 1.165) is 40.5 Å². The Hall–Kier alpha value is -1.53. The molecule has 2 aromatic rings. The van der Waals surface area contributed by atoms with Crippen LogP contribution < -0.4 is 4.74 Å². The summed E-state index contributed by atoms with van der Waals surface area (Å²) in [6.07, 6.45) is 2.09. The predicted octanol–water partition coefficient (Wildman–Crippen LogP) is 4.54. The van der Waals surface area contributed by atoms with Crippen molar-refractivity contribution in [3.8, 4) is 5.75 Å². The van der Waals surface area contributed by atoms with E-state index < -0.39 is 0 Å². The Balaban J connectivity index is 2.77. The van der Waals surface area contributed by atoms with Crippen molar-refractivity contribution in [3.63, 3.8) is 0 Å². The lowest BCUT2D eigenvalue weighted by Crippen LogP contribution is -2.11. The molecular weight excluding hydrogens is 374 g/mol. The van der Waals surface area contributed by atoms with Crippen LogP contribution in [0.15, 0.2) is 16.6 Å². The molecule has 0 saturated heterocycles. The van der Waals surface area contributed by atoms with E-state index in [1.54, 1.807) is 21.1 Å². The maximum Gasteiger partial charge on any atom is 0.340 e. The van der Waals surface area contributed by atoms with Crippen LogP contribution in [0.1, 0.15) is 42.7 Å². The fourth-order valence-corrected chi connectivity index (χ4v) is 3.34. The largest absolute Gasteiger partial charge is 0.496 e. The van der Waals surface area contributed by atoms with Crippen LogP contribution in [-0.4, -0.2) is 31.4 Å². The average Bonchev–Trinajstić information content (AvgIpc) is 2.85. The van der Waals surface area contributed by atoms with Crippen LogP contribution in [-0.2, 0) is 22.6 Å². The molecule has 2 rings (SSSR count). The number of rotatable bonds is 8. The van der Waals surface area contributed by atoms with Gasteiger partial charge in [-0.05, 0) is 41.4 Å². The van der Waals surface area contributed by atoms with Gasteiger partial charge in [-0.2, -0.15) is 0 Å². The zero-order valence-electron chi connectivity index (χ0n) is 14.6. The molecule has 0 bridgehead atoms. The smallest absolute Gasteiger partial charge is 0.340 e. The SMILES string of the molecule is CCCCn1c(COC)c(C(=O)OCC)c2cc(OC)c(Br)cc21. The standard InChI is InChI=1S/C18H24BrNO4/c1-5-7-8-20-14-10-13(19)16(23-4)9-12(14)17(15(20)11-22-3)18(21)24-6-2/h9-10H,5-8,11H2,1-4H3. The summed E-state index contributed by atoms with van der Waals surface area (Å²) in [5.74, 6) is 0.360. The second-order valence-electron chi connectivity index (χ2n) is 5.48. The number of hydrogen-bond acceptors (Lipinski definition) is 4. The molecule has 132 valence electrons. The zero-order chi connectivity index (χ0) is 17.7. The van der Waals surface area contributed by atoms with Crippen molar-refractivity contribution in [3.05, 3.63) is 27.9 Å². The molecule has 6 heteroatoms. The number of esters is 1. The van der Waals surface area contributed by atoms with Gasteiger partial charge < -0.3 is 18.8 Å². The summed E-state index contributed by atoms with van der Waals surface area (Å²) >= 11 is 3.53. The highest BCUT2D eigenvalue weighted by Crippen LogP contribution is 2.36. The first-order valence-corrected chi connectivity index (χ1v) is 8.92. The highest BCUT2D eigenvalue weighted by atomic mass is 79.9. The molecule has 24 heavy (non-hydrogen) atoms. The third-order valence-electron chi connectivity index (χ3n) is 3.94. The fourth-order valence-electron chi connectivity index (χ4n) is 2.85. The molecule has 0 aliphatic carbocycles. The number of aryl methyl sites for hydroxylation is 1. The monoisotopic (exact) mass is 397 g/mol. The Morgan fingerprint density at radius 3 is 2.58 bits per heavy atom. The molecule has 1 aromatic heterocycles. The van der Waals surface area contributed by atoms with Gasteiger partial charge in [-0.25, -0.2) is 4.79 Å². The lowest BCUT2D eigenvalue weighted by atomic mass is 10.1. The number of halogens is 1. The summed E-state index contributed by atoms with van der Waals surface area (Å²) in [6, 6.07) is 3.87. The van der Waals surface area contributed by atoms with E-state index in [2.05, 4.69) is 27.4 Å². The van der Waals surface area contributed by atoms with Crippen LogP contribution in [0, 0.1) is 0 Å². The molecule has 0 saturated carbocycles. The minimum atomic E-state index is -0.325. The number of nitrogens with zero attached hydrogens (tertiary/aromatic N) is 1. The van der Waals surface area contributed by atoms with Crippen molar-refractivity contribution in [2.45, 2.75) is 39.8 Å². The highest BCUT2D eigenvalue weighted by molar-refractivity contribution is 9.10. The van der Waals surface area contributed by atoms with Gasteiger partial charge in [0.15, 0.2) is 0 Å². The first kappa shape index (κ1) is 18.8. The van der Waals surface area contributed by atoms with E-state index in [-0.39, 0.29) is 5.97 Å². The minimum absolute atomic E-state index is 0.325. The number of hydrogen-bond donors (Lipinski definition) is 0. The van der Waals surface area contributed by atoms with Crippen LogP contribution in [0.5, 0.6) is 5.75 Å². The quantitative estimate of drug-likeness (QED) is 0.613. The Morgan fingerprint density at radius 2 is 2.00 bits per heavy atom. The van der Waals surface area contributed by atoms with E-state index in [4.69, 9.17) is 14.2 Å². The first-order valence-electron chi connectivity index (χ1n) is 8.13. The molecule has 0 fully saturated rings. The minimum Gasteiger partial charge on any atom is -0.496 e. The highest BCUT2D eigenvalue weighted by Gasteiger charge is 2.24. The molecule has 0 amide bonds. The summed E-state index contributed by atoms with van der Waals surface area (Å²) < 4.78 is 19.1. The van der Waals surface area contributed by atoms with Crippen molar-refractivity contribution in [1.82, 2.24) is 4.57 Å². The summed E-state index contributed by atoms with van der Waals surface area (Å²) in [7, 11) is 3.24. The molecule has 1 heterocycles.